The van der Waals surface area contributed by atoms with E-state index >= 15 is 0 Å². The molecule has 0 spiro atoms. The highest BCUT2D eigenvalue weighted by Gasteiger charge is 2.08. The lowest BCUT2D eigenvalue weighted by Crippen LogP contribution is -2.42. The quantitative estimate of drug-likeness (QED) is 0.384. The van der Waals surface area contributed by atoms with Gasteiger partial charge in [0.15, 0.2) is 5.96 Å². The van der Waals surface area contributed by atoms with E-state index in [1.807, 2.05) is 42.6 Å². The van der Waals surface area contributed by atoms with Gasteiger partial charge >= 0.3 is 0 Å². The molecule has 2 aromatic rings. The highest BCUT2D eigenvalue weighted by atomic mass is 127. The molecule has 0 fully saturated rings. The Morgan fingerprint density at radius 1 is 1.32 bits per heavy atom. The van der Waals surface area contributed by atoms with Crippen LogP contribution in [0.1, 0.15) is 22.2 Å². The van der Waals surface area contributed by atoms with Crippen LogP contribution in [0, 0.1) is 6.92 Å². The van der Waals surface area contributed by atoms with Crippen LogP contribution in [0.2, 0.25) is 0 Å². The van der Waals surface area contributed by atoms with Gasteiger partial charge in [-0.2, -0.15) is 0 Å². The number of rotatable bonds is 6. The molecule has 5 nitrogen and oxygen atoms in total. The van der Waals surface area contributed by atoms with Gasteiger partial charge in [0.2, 0.25) is 0 Å². The van der Waals surface area contributed by atoms with Crippen molar-refractivity contribution < 1.29 is 0 Å². The van der Waals surface area contributed by atoms with Gasteiger partial charge in [0.1, 0.15) is 5.82 Å². The largest absolute Gasteiger partial charge is 0.363 e. The minimum Gasteiger partial charge on any atom is -0.363 e. The molecule has 2 aromatic heterocycles. The first-order valence-electron chi connectivity index (χ1n) is 8.12. The summed E-state index contributed by atoms with van der Waals surface area (Å²) >= 11 is 1.85. The number of hydrogen-bond acceptors (Lipinski definition) is 4. The molecule has 0 bridgehead atoms. The van der Waals surface area contributed by atoms with Gasteiger partial charge in [-0.05, 0) is 43.7 Å². The fourth-order valence-electron chi connectivity index (χ4n) is 2.38. The Labute approximate surface area is 172 Å². The monoisotopic (exact) mass is 473 g/mol. The third kappa shape index (κ3) is 7.19. The van der Waals surface area contributed by atoms with Gasteiger partial charge < -0.3 is 15.5 Å². The Balaban J connectivity index is 0.00000312. The van der Waals surface area contributed by atoms with Gasteiger partial charge in [0.25, 0.3) is 0 Å². The molecular formula is C18H28IN5S. The molecule has 25 heavy (non-hydrogen) atoms. The summed E-state index contributed by atoms with van der Waals surface area (Å²) in [6.07, 6.45) is 2.84. The topological polar surface area (TPSA) is 52.6 Å². The minimum absolute atomic E-state index is 0. The summed E-state index contributed by atoms with van der Waals surface area (Å²) in [5, 5.41) is 6.82. The number of hydrogen-bond donors (Lipinski definition) is 2. The SMILES string of the molecule is CN=C(NCc1ccnc(N(C)C)c1)NC(C)Cc1ccc(C)s1.I. The van der Waals surface area contributed by atoms with Crippen LogP contribution in [0.15, 0.2) is 35.5 Å². The Morgan fingerprint density at radius 2 is 2.08 bits per heavy atom. The van der Waals surface area contributed by atoms with Crippen molar-refractivity contribution in [2.24, 2.45) is 4.99 Å². The van der Waals surface area contributed by atoms with Crippen LogP contribution in [0.3, 0.4) is 0 Å². The molecule has 0 aliphatic carbocycles. The van der Waals surface area contributed by atoms with E-state index in [-0.39, 0.29) is 24.0 Å². The van der Waals surface area contributed by atoms with E-state index in [4.69, 9.17) is 0 Å². The van der Waals surface area contributed by atoms with Crippen molar-refractivity contribution in [1.29, 1.82) is 0 Å². The zero-order chi connectivity index (χ0) is 17.5. The number of pyridine rings is 1. The van der Waals surface area contributed by atoms with Crippen LogP contribution in [-0.2, 0) is 13.0 Å². The molecule has 138 valence electrons. The molecule has 7 heteroatoms. The van der Waals surface area contributed by atoms with Gasteiger partial charge in [-0.25, -0.2) is 4.98 Å². The standard InChI is InChI=1S/C18H27N5S.HI/c1-13(10-16-7-6-14(2)24-16)22-18(19-3)21-12-15-8-9-20-17(11-15)23(4)5;/h6-9,11,13H,10,12H2,1-5H3,(H2,19,21,22);1H. The number of aryl methyl sites for hydroxylation is 1. The summed E-state index contributed by atoms with van der Waals surface area (Å²) in [5.74, 6) is 1.78. The number of nitrogens with one attached hydrogen (secondary N) is 2. The second-order valence-corrected chi connectivity index (χ2v) is 7.48. The summed E-state index contributed by atoms with van der Waals surface area (Å²) < 4.78 is 0. The molecule has 1 atom stereocenters. The molecule has 2 rings (SSSR count). The van der Waals surface area contributed by atoms with Crippen molar-refractivity contribution in [1.82, 2.24) is 15.6 Å². The van der Waals surface area contributed by atoms with E-state index in [0.29, 0.717) is 12.6 Å². The number of aromatic nitrogens is 1. The van der Waals surface area contributed by atoms with Crippen LogP contribution in [0.25, 0.3) is 0 Å². The lowest BCUT2D eigenvalue weighted by molar-refractivity contribution is 0.645. The van der Waals surface area contributed by atoms with Crippen LogP contribution >= 0.6 is 35.3 Å². The van der Waals surface area contributed by atoms with E-state index in [2.05, 4.69) is 52.7 Å². The van der Waals surface area contributed by atoms with Crippen LogP contribution in [0.4, 0.5) is 5.82 Å². The van der Waals surface area contributed by atoms with Crippen molar-refractivity contribution in [3.05, 3.63) is 45.8 Å². The third-order valence-corrected chi connectivity index (χ3v) is 4.66. The average molecular weight is 473 g/mol. The Bertz CT molecular complexity index is 684. The summed E-state index contributed by atoms with van der Waals surface area (Å²) in [6, 6.07) is 8.80. The molecular weight excluding hydrogens is 445 g/mol. The van der Waals surface area contributed by atoms with Crippen LogP contribution in [-0.4, -0.2) is 38.1 Å². The summed E-state index contributed by atoms with van der Waals surface area (Å²) in [4.78, 5) is 13.4. The van der Waals surface area contributed by atoms with Crippen LogP contribution < -0.4 is 15.5 Å². The maximum atomic E-state index is 4.34. The number of halogens is 1. The molecule has 2 heterocycles. The van der Waals surface area contributed by atoms with Gasteiger partial charge in [0, 0.05) is 56.1 Å². The smallest absolute Gasteiger partial charge is 0.191 e. The lowest BCUT2D eigenvalue weighted by atomic mass is 10.2. The Morgan fingerprint density at radius 3 is 2.68 bits per heavy atom. The molecule has 1 unspecified atom stereocenters. The number of nitrogens with zero attached hydrogens (tertiary/aromatic N) is 3. The molecule has 0 radical (unpaired) electrons. The van der Waals surface area contributed by atoms with Crippen molar-refractivity contribution in [3.8, 4) is 0 Å². The molecule has 0 aromatic carbocycles. The second kappa shape index (κ2) is 10.6. The van der Waals surface area contributed by atoms with Crippen molar-refractivity contribution in [3.63, 3.8) is 0 Å². The lowest BCUT2D eigenvalue weighted by Gasteiger charge is -2.18. The van der Waals surface area contributed by atoms with E-state index in [9.17, 15) is 0 Å². The first kappa shape index (κ1) is 21.7. The minimum atomic E-state index is 0. The predicted molar refractivity (Wildman–Crippen MR) is 120 cm³/mol. The normalized spacial score (nSPS) is 12.3. The third-order valence-electron chi connectivity index (χ3n) is 3.64. The number of anilines is 1. The summed E-state index contributed by atoms with van der Waals surface area (Å²) in [5.41, 5.74) is 1.18. The van der Waals surface area contributed by atoms with E-state index < -0.39 is 0 Å². The van der Waals surface area contributed by atoms with Gasteiger partial charge in [-0.15, -0.1) is 35.3 Å². The predicted octanol–water partition coefficient (Wildman–Crippen LogP) is 3.43. The molecule has 0 saturated carbocycles. The first-order valence-corrected chi connectivity index (χ1v) is 8.94. The first-order chi connectivity index (χ1) is 11.5. The Kier molecular flexibility index (Phi) is 9.20. The van der Waals surface area contributed by atoms with E-state index in [1.165, 1.54) is 15.3 Å². The molecule has 2 N–H and O–H groups in total. The summed E-state index contributed by atoms with van der Waals surface area (Å²) in [6.45, 7) is 5.04. The van der Waals surface area contributed by atoms with Crippen LogP contribution in [0.5, 0.6) is 0 Å². The Hall–Kier alpha value is -1.35. The van der Waals surface area contributed by atoms with Gasteiger partial charge in [-0.1, -0.05) is 0 Å². The number of aliphatic imine (C=N–C) groups is 1. The second-order valence-electron chi connectivity index (χ2n) is 6.10. The fourth-order valence-corrected chi connectivity index (χ4v) is 3.40. The summed E-state index contributed by atoms with van der Waals surface area (Å²) in [7, 11) is 5.79. The average Bonchev–Trinajstić information content (AvgIpc) is 2.96. The zero-order valence-electron chi connectivity index (χ0n) is 15.5. The maximum Gasteiger partial charge on any atom is 0.191 e. The van der Waals surface area contributed by atoms with E-state index in [1.54, 1.807) is 7.05 Å². The molecule has 0 aliphatic heterocycles. The zero-order valence-corrected chi connectivity index (χ0v) is 18.7. The van der Waals surface area contributed by atoms with Crippen molar-refractivity contribution >= 4 is 47.1 Å². The number of guanidine groups is 1. The molecule has 0 amide bonds. The highest BCUT2D eigenvalue weighted by molar-refractivity contribution is 14.0. The van der Waals surface area contributed by atoms with Crippen molar-refractivity contribution in [2.45, 2.75) is 32.9 Å². The molecule has 0 saturated heterocycles. The van der Waals surface area contributed by atoms with Gasteiger partial charge in [-0.3, -0.25) is 4.99 Å². The van der Waals surface area contributed by atoms with Gasteiger partial charge in [0.05, 0.1) is 0 Å². The highest BCUT2D eigenvalue weighted by Crippen LogP contribution is 2.16. The van der Waals surface area contributed by atoms with Crippen molar-refractivity contribution in [2.75, 3.05) is 26.0 Å². The van der Waals surface area contributed by atoms with E-state index in [0.717, 1.165) is 18.2 Å². The fraction of sp³-hybridized carbons (Fsp3) is 0.444. The maximum absolute atomic E-state index is 4.34. The number of thiophene rings is 1. The molecule has 0 aliphatic rings.